The standard InChI is InChI=1S/C18H23N3O4S/c1-3-25-10-13-8-9-26(23,24)18(13)11-21(12-18)17(22)16-14-6-4-5-7-15(14)20(2)19-16/h4-7,13H,3,8-12H2,1-2H3. The summed E-state index contributed by atoms with van der Waals surface area (Å²) >= 11 is 0. The zero-order chi connectivity index (χ0) is 18.5. The van der Waals surface area contributed by atoms with E-state index in [9.17, 15) is 13.2 Å². The van der Waals surface area contributed by atoms with Crippen molar-refractivity contribution in [2.24, 2.45) is 13.0 Å². The van der Waals surface area contributed by atoms with Crippen molar-refractivity contribution in [2.75, 3.05) is 32.1 Å². The van der Waals surface area contributed by atoms with Crippen LogP contribution in [0.3, 0.4) is 0 Å². The van der Waals surface area contributed by atoms with E-state index < -0.39 is 14.6 Å². The minimum absolute atomic E-state index is 0.0445. The highest BCUT2D eigenvalue weighted by atomic mass is 32.2. The van der Waals surface area contributed by atoms with Crippen LogP contribution in [0.5, 0.6) is 0 Å². The molecule has 1 amide bonds. The molecule has 1 unspecified atom stereocenters. The molecule has 2 fully saturated rings. The molecule has 3 heterocycles. The van der Waals surface area contributed by atoms with Gasteiger partial charge in [-0.1, -0.05) is 18.2 Å². The molecular formula is C18H23N3O4S. The number of hydrogen-bond acceptors (Lipinski definition) is 5. The Morgan fingerprint density at radius 3 is 2.81 bits per heavy atom. The largest absolute Gasteiger partial charge is 0.381 e. The van der Waals surface area contributed by atoms with E-state index in [1.807, 2.05) is 31.2 Å². The van der Waals surface area contributed by atoms with Crippen LogP contribution < -0.4 is 0 Å². The molecule has 0 radical (unpaired) electrons. The summed E-state index contributed by atoms with van der Waals surface area (Å²) in [5.74, 6) is -0.0686. The van der Waals surface area contributed by atoms with Crippen LogP contribution in [-0.2, 0) is 21.6 Å². The first-order chi connectivity index (χ1) is 12.4. The molecule has 4 rings (SSSR count). The Morgan fingerprint density at radius 2 is 2.08 bits per heavy atom. The van der Waals surface area contributed by atoms with Crippen molar-refractivity contribution in [2.45, 2.75) is 18.1 Å². The maximum atomic E-state index is 13.0. The molecule has 0 aliphatic carbocycles. The first kappa shape index (κ1) is 17.5. The third kappa shape index (κ3) is 2.39. The van der Waals surface area contributed by atoms with E-state index in [1.54, 1.807) is 16.6 Å². The molecule has 0 saturated carbocycles. The molecule has 2 aromatic rings. The van der Waals surface area contributed by atoms with Gasteiger partial charge in [-0.2, -0.15) is 5.10 Å². The third-order valence-electron chi connectivity index (χ3n) is 5.79. The molecule has 1 aromatic carbocycles. The highest BCUT2D eigenvalue weighted by Crippen LogP contribution is 2.45. The SMILES string of the molecule is CCOCC1CCS(=O)(=O)C12CN(C(=O)c1nn(C)c3ccccc13)C2. The Morgan fingerprint density at radius 1 is 1.35 bits per heavy atom. The monoisotopic (exact) mass is 377 g/mol. The van der Waals surface area contributed by atoms with Gasteiger partial charge in [0.15, 0.2) is 15.5 Å². The second-order valence-electron chi connectivity index (χ2n) is 7.18. The summed E-state index contributed by atoms with van der Waals surface area (Å²) in [6, 6.07) is 7.56. The number of ether oxygens (including phenoxy) is 1. The Kier molecular flexibility index (Phi) is 4.07. The van der Waals surface area contributed by atoms with Crippen LogP contribution in [0.4, 0.5) is 0 Å². The van der Waals surface area contributed by atoms with E-state index in [4.69, 9.17) is 4.74 Å². The van der Waals surface area contributed by atoms with Crippen LogP contribution in [0.15, 0.2) is 24.3 Å². The summed E-state index contributed by atoms with van der Waals surface area (Å²) in [6.45, 7) is 3.37. The predicted molar refractivity (Wildman–Crippen MR) is 97.7 cm³/mol. The number of fused-ring (bicyclic) bond motifs is 1. The summed E-state index contributed by atoms with van der Waals surface area (Å²) in [6.07, 6.45) is 0.608. The topological polar surface area (TPSA) is 81.5 Å². The first-order valence-electron chi connectivity index (χ1n) is 8.90. The number of amides is 1. The maximum Gasteiger partial charge on any atom is 0.275 e. The van der Waals surface area contributed by atoms with Gasteiger partial charge in [0.25, 0.3) is 5.91 Å². The van der Waals surface area contributed by atoms with E-state index in [0.29, 0.717) is 25.3 Å². The summed E-state index contributed by atoms with van der Waals surface area (Å²) in [5, 5.41) is 5.16. The Labute approximate surface area is 152 Å². The summed E-state index contributed by atoms with van der Waals surface area (Å²) < 4.78 is 31.6. The molecule has 2 saturated heterocycles. The van der Waals surface area contributed by atoms with Crippen LogP contribution in [-0.4, -0.2) is 65.8 Å². The smallest absolute Gasteiger partial charge is 0.275 e. The van der Waals surface area contributed by atoms with Crippen molar-refractivity contribution < 1.29 is 17.9 Å². The number of carbonyl (C=O) groups excluding carboxylic acids is 1. The van der Waals surface area contributed by atoms with Crippen LogP contribution in [0, 0.1) is 5.92 Å². The van der Waals surface area contributed by atoms with Gasteiger partial charge in [-0.15, -0.1) is 0 Å². The second kappa shape index (κ2) is 6.06. The lowest BCUT2D eigenvalue weighted by atomic mass is 9.83. The number of aromatic nitrogens is 2. The normalized spacial score (nSPS) is 23.5. The highest BCUT2D eigenvalue weighted by Gasteiger charge is 2.62. The number of para-hydroxylation sites is 1. The fourth-order valence-corrected chi connectivity index (χ4v) is 6.63. The number of carbonyl (C=O) groups is 1. The fraction of sp³-hybridized carbons (Fsp3) is 0.556. The van der Waals surface area contributed by atoms with Gasteiger partial charge >= 0.3 is 0 Å². The van der Waals surface area contributed by atoms with Gasteiger partial charge in [-0.25, -0.2) is 8.42 Å². The lowest BCUT2D eigenvalue weighted by Crippen LogP contribution is -2.68. The van der Waals surface area contributed by atoms with Gasteiger partial charge in [0, 0.05) is 38.0 Å². The molecular weight excluding hydrogens is 354 g/mol. The molecule has 2 aliphatic rings. The zero-order valence-electron chi connectivity index (χ0n) is 15.0. The predicted octanol–water partition coefficient (Wildman–Crippen LogP) is 1.24. The lowest BCUT2D eigenvalue weighted by Gasteiger charge is -2.49. The number of hydrogen-bond donors (Lipinski definition) is 0. The Hall–Kier alpha value is -1.93. The number of nitrogens with zero attached hydrogens (tertiary/aromatic N) is 3. The van der Waals surface area contributed by atoms with E-state index in [-0.39, 0.29) is 30.7 Å². The fourth-order valence-electron chi connectivity index (χ4n) is 4.23. The average Bonchev–Trinajstić information content (AvgIpc) is 3.05. The summed E-state index contributed by atoms with van der Waals surface area (Å²) in [5.41, 5.74) is 1.27. The van der Waals surface area contributed by atoms with Gasteiger partial charge in [-0.05, 0) is 19.4 Å². The van der Waals surface area contributed by atoms with Crippen molar-refractivity contribution in [3.63, 3.8) is 0 Å². The van der Waals surface area contributed by atoms with E-state index in [1.165, 1.54) is 0 Å². The van der Waals surface area contributed by atoms with Crippen LogP contribution in [0.2, 0.25) is 0 Å². The molecule has 1 aromatic heterocycles. The van der Waals surface area contributed by atoms with Crippen molar-refractivity contribution in [3.8, 4) is 0 Å². The quantitative estimate of drug-likeness (QED) is 0.801. The number of likely N-dealkylation sites (tertiary alicyclic amines) is 1. The molecule has 1 spiro atoms. The number of benzene rings is 1. The van der Waals surface area contributed by atoms with E-state index in [0.717, 1.165) is 10.9 Å². The first-order valence-corrected chi connectivity index (χ1v) is 10.6. The van der Waals surface area contributed by atoms with Gasteiger partial charge < -0.3 is 9.64 Å². The van der Waals surface area contributed by atoms with Crippen LogP contribution in [0.1, 0.15) is 23.8 Å². The van der Waals surface area contributed by atoms with Crippen molar-refractivity contribution >= 4 is 26.6 Å². The van der Waals surface area contributed by atoms with Crippen LogP contribution in [0.25, 0.3) is 10.9 Å². The number of sulfone groups is 1. The molecule has 7 nitrogen and oxygen atoms in total. The molecule has 0 N–H and O–H groups in total. The minimum Gasteiger partial charge on any atom is -0.381 e. The molecule has 8 heteroatoms. The molecule has 2 aliphatic heterocycles. The molecule has 140 valence electrons. The summed E-state index contributed by atoms with van der Waals surface area (Å²) in [4.78, 5) is 14.6. The summed E-state index contributed by atoms with van der Waals surface area (Å²) in [7, 11) is -1.41. The molecule has 0 bridgehead atoms. The van der Waals surface area contributed by atoms with Gasteiger partial charge in [0.05, 0.1) is 17.9 Å². The number of aryl methyl sites for hydroxylation is 1. The Bertz CT molecular complexity index is 960. The van der Waals surface area contributed by atoms with Crippen LogP contribution >= 0.6 is 0 Å². The van der Waals surface area contributed by atoms with Crippen molar-refractivity contribution in [1.29, 1.82) is 0 Å². The number of rotatable bonds is 4. The highest BCUT2D eigenvalue weighted by molar-refractivity contribution is 7.93. The second-order valence-corrected chi connectivity index (χ2v) is 9.63. The maximum absolute atomic E-state index is 13.0. The molecule has 26 heavy (non-hydrogen) atoms. The van der Waals surface area contributed by atoms with Crippen molar-refractivity contribution in [1.82, 2.24) is 14.7 Å². The van der Waals surface area contributed by atoms with Gasteiger partial charge in [-0.3, -0.25) is 9.48 Å². The Balaban J connectivity index is 1.59. The van der Waals surface area contributed by atoms with Gasteiger partial charge in [0.2, 0.25) is 0 Å². The third-order valence-corrected chi connectivity index (χ3v) is 8.39. The molecule has 1 atom stereocenters. The van der Waals surface area contributed by atoms with Crippen molar-refractivity contribution in [3.05, 3.63) is 30.0 Å². The minimum atomic E-state index is -3.21. The lowest BCUT2D eigenvalue weighted by molar-refractivity contribution is 0.0267. The van der Waals surface area contributed by atoms with Gasteiger partial charge in [0.1, 0.15) is 4.75 Å². The van der Waals surface area contributed by atoms with E-state index >= 15 is 0 Å². The van der Waals surface area contributed by atoms with E-state index in [2.05, 4.69) is 5.10 Å². The zero-order valence-corrected chi connectivity index (χ0v) is 15.8. The average molecular weight is 377 g/mol.